The number of para-hydroxylation sites is 1. The van der Waals surface area contributed by atoms with Crippen LogP contribution in [0.2, 0.25) is 0 Å². The number of hydrogen-bond acceptors (Lipinski definition) is 5. The molecular weight excluding hydrogens is 408 g/mol. The van der Waals surface area contributed by atoms with E-state index in [9.17, 15) is 9.59 Å². The summed E-state index contributed by atoms with van der Waals surface area (Å²) in [6, 6.07) is 13.5. The minimum atomic E-state index is -0.128. The van der Waals surface area contributed by atoms with Gasteiger partial charge in [-0.1, -0.05) is 42.1 Å². The summed E-state index contributed by atoms with van der Waals surface area (Å²) < 4.78 is 3.41. The van der Waals surface area contributed by atoms with E-state index in [2.05, 4.69) is 28.9 Å². The molecule has 1 aliphatic carbocycles. The van der Waals surface area contributed by atoms with E-state index in [0.29, 0.717) is 22.9 Å². The molecule has 2 aromatic heterocycles. The molecule has 7 heteroatoms. The fourth-order valence-electron chi connectivity index (χ4n) is 4.24. The predicted molar refractivity (Wildman–Crippen MR) is 123 cm³/mol. The summed E-state index contributed by atoms with van der Waals surface area (Å²) in [5.74, 6) is 0.778. The van der Waals surface area contributed by atoms with E-state index >= 15 is 0 Å². The van der Waals surface area contributed by atoms with Crippen LogP contribution in [0, 0.1) is 0 Å². The Balaban J connectivity index is 1.49. The number of rotatable bonds is 6. The van der Waals surface area contributed by atoms with Gasteiger partial charge in [-0.25, -0.2) is 0 Å². The Morgan fingerprint density at radius 2 is 1.90 bits per heavy atom. The Morgan fingerprint density at radius 1 is 1.10 bits per heavy atom. The lowest BCUT2D eigenvalue weighted by Gasteiger charge is -2.16. The van der Waals surface area contributed by atoms with Gasteiger partial charge in [0.25, 0.3) is 5.56 Å². The molecular formula is C24H22N4O2S. The number of carbonyl (C=O) groups excluding carboxylic acids is 1. The molecule has 0 spiro atoms. The van der Waals surface area contributed by atoms with Crippen LogP contribution in [0.5, 0.6) is 0 Å². The molecule has 0 radical (unpaired) electrons. The quantitative estimate of drug-likeness (QED) is 0.262. The van der Waals surface area contributed by atoms with Gasteiger partial charge in [-0.15, -0.1) is 16.8 Å². The highest BCUT2D eigenvalue weighted by atomic mass is 32.2. The van der Waals surface area contributed by atoms with Crippen LogP contribution in [0.3, 0.4) is 0 Å². The van der Waals surface area contributed by atoms with Gasteiger partial charge in [-0.3, -0.25) is 18.6 Å². The average molecular weight is 431 g/mol. The highest BCUT2D eigenvalue weighted by molar-refractivity contribution is 7.99. The number of allylic oxidation sites excluding steroid dienone is 1. The summed E-state index contributed by atoms with van der Waals surface area (Å²) >= 11 is 1.34. The lowest BCUT2D eigenvalue weighted by atomic mass is 9.90. The van der Waals surface area contributed by atoms with Crippen LogP contribution in [0.4, 0.5) is 0 Å². The highest BCUT2D eigenvalue weighted by Gasteiger charge is 2.18. The first-order chi connectivity index (χ1) is 15.2. The van der Waals surface area contributed by atoms with Crippen molar-refractivity contribution in [3.8, 4) is 0 Å². The molecule has 0 atom stereocenters. The van der Waals surface area contributed by atoms with Crippen LogP contribution >= 0.6 is 11.8 Å². The van der Waals surface area contributed by atoms with Gasteiger partial charge < -0.3 is 0 Å². The third kappa shape index (κ3) is 3.49. The average Bonchev–Trinajstić information content (AvgIpc) is 3.24. The van der Waals surface area contributed by atoms with Crippen molar-refractivity contribution in [1.82, 2.24) is 19.2 Å². The smallest absolute Gasteiger partial charge is 0.263 e. The summed E-state index contributed by atoms with van der Waals surface area (Å²) in [5, 5.41) is 9.72. The SMILES string of the molecule is C=CCn1c(=O)c2ccccc2n2c(SCC(=O)c3ccc4c(c3)CCCC4)nnc12. The normalized spacial score (nSPS) is 13.4. The molecule has 0 fully saturated rings. The van der Waals surface area contributed by atoms with Crippen molar-refractivity contribution in [2.24, 2.45) is 0 Å². The molecule has 6 nitrogen and oxygen atoms in total. The summed E-state index contributed by atoms with van der Waals surface area (Å²) in [7, 11) is 0. The Labute approximate surface area is 183 Å². The summed E-state index contributed by atoms with van der Waals surface area (Å²) in [5.41, 5.74) is 4.02. The van der Waals surface area contributed by atoms with Gasteiger partial charge in [-0.2, -0.15) is 0 Å². The largest absolute Gasteiger partial charge is 0.293 e. The standard InChI is InChI=1S/C24H22N4O2S/c1-2-13-27-22(30)19-9-5-6-10-20(19)28-23(27)25-26-24(28)31-15-21(29)18-12-11-16-7-3-4-8-17(16)14-18/h2,5-6,9-12,14H,1,3-4,7-8,13,15H2. The minimum absolute atomic E-state index is 0.0684. The Kier molecular flexibility index (Phi) is 5.19. The number of benzene rings is 2. The highest BCUT2D eigenvalue weighted by Crippen LogP contribution is 2.25. The summed E-state index contributed by atoms with van der Waals surface area (Å²) in [4.78, 5) is 25.8. The van der Waals surface area contributed by atoms with E-state index in [1.165, 1.54) is 35.7 Å². The first-order valence-electron chi connectivity index (χ1n) is 10.4. The topological polar surface area (TPSA) is 69.3 Å². The molecule has 0 aliphatic heterocycles. The molecule has 2 heterocycles. The molecule has 0 saturated heterocycles. The zero-order valence-electron chi connectivity index (χ0n) is 17.1. The number of fused-ring (bicyclic) bond motifs is 4. The molecule has 31 heavy (non-hydrogen) atoms. The van der Waals surface area contributed by atoms with E-state index in [4.69, 9.17) is 0 Å². The number of carbonyl (C=O) groups is 1. The summed E-state index contributed by atoms with van der Waals surface area (Å²) in [6.45, 7) is 4.08. The second-order valence-electron chi connectivity index (χ2n) is 7.74. The van der Waals surface area contributed by atoms with Gasteiger partial charge in [0.1, 0.15) is 0 Å². The van der Waals surface area contributed by atoms with Crippen molar-refractivity contribution in [2.75, 3.05) is 5.75 Å². The Hall–Kier alpha value is -3.19. The van der Waals surface area contributed by atoms with Crippen molar-refractivity contribution in [3.05, 3.63) is 82.2 Å². The van der Waals surface area contributed by atoms with Crippen molar-refractivity contribution >= 4 is 34.2 Å². The first kappa shape index (κ1) is 19.8. The third-order valence-corrected chi connectivity index (χ3v) is 6.72. The van der Waals surface area contributed by atoms with Gasteiger partial charge in [0.05, 0.1) is 16.7 Å². The fourth-order valence-corrected chi connectivity index (χ4v) is 5.08. The van der Waals surface area contributed by atoms with Crippen LogP contribution < -0.4 is 5.56 Å². The molecule has 0 N–H and O–H groups in total. The monoisotopic (exact) mass is 430 g/mol. The second-order valence-corrected chi connectivity index (χ2v) is 8.68. The molecule has 0 saturated carbocycles. The second kappa shape index (κ2) is 8.15. The Bertz CT molecular complexity index is 1390. The van der Waals surface area contributed by atoms with Crippen LogP contribution in [0.1, 0.15) is 34.3 Å². The first-order valence-corrected chi connectivity index (χ1v) is 11.4. The molecule has 4 aromatic rings. The molecule has 1 aliphatic rings. The molecule has 0 amide bonds. The number of hydrogen-bond donors (Lipinski definition) is 0. The summed E-state index contributed by atoms with van der Waals surface area (Å²) in [6.07, 6.45) is 6.22. The molecule has 156 valence electrons. The van der Waals surface area contributed by atoms with Gasteiger partial charge in [0.2, 0.25) is 5.78 Å². The molecule has 2 aromatic carbocycles. The minimum Gasteiger partial charge on any atom is -0.293 e. The molecule has 0 bridgehead atoms. The van der Waals surface area contributed by atoms with E-state index < -0.39 is 0 Å². The maximum atomic E-state index is 12.9. The number of aryl methyl sites for hydroxylation is 2. The van der Waals surface area contributed by atoms with Gasteiger partial charge in [0, 0.05) is 12.1 Å². The van der Waals surface area contributed by atoms with Crippen LogP contribution in [-0.2, 0) is 19.4 Å². The zero-order chi connectivity index (χ0) is 21.4. The van der Waals surface area contributed by atoms with E-state index in [1.54, 1.807) is 16.7 Å². The molecule has 5 rings (SSSR count). The predicted octanol–water partition coefficient (Wildman–Crippen LogP) is 4.08. The zero-order valence-corrected chi connectivity index (χ0v) is 17.9. The van der Waals surface area contributed by atoms with Crippen molar-refractivity contribution in [2.45, 2.75) is 37.4 Å². The lowest BCUT2D eigenvalue weighted by molar-refractivity contribution is 0.102. The third-order valence-electron chi connectivity index (χ3n) is 5.79. The van der Waals surface area contributed by atoms with Crippen molar-refractivity contribution in [1.29, 1.82) is 0 Å². The number of thioether (sulfide) groups is 1. The van der Waals surface area contributed by atoms with E-state index in [-0.39, 0.29) is 17.1 Å². The van der Waals surface area contributed by atoms with Crippen LogP contribution in [0.25, 0.3) is 16.7 Å². The van der Waals surface area contributed by atoms with E-state index in [1.807, 2.05) is 28.7 Å². The van der Waals surface area contributed by atoms with Crippen LogP contribution in [-0.4, -0.2) is 30.7 Å². The number of Topliss-reactive ketones (excluding diaryl/α,β-unsaturated/α-hetero) is 1. The number of ketones is 1. The fraction of sp³-hybridized carbons (Fsp3) is 0.250. The van der Waals surface area contributed by atoms with E-state index in [0.717, 1.165) is 23.9 Å². The Morgan fingerprint density at radius 3 is 2.74 bits per heavy atom. The maximum absolute atomic E-state index is 12.9. The molecule has 0 unspecified atom stereocenters. The van der Waals surface area contributed by atoms with Gasteiger partial charge in [-0.05, 0) is 55.0 Å². The van der Waals surface area contributed by atoms with Gasteiger partial charge >= 0.3 is 0 Å². The number of nitrogens with zero attached hydrogens (tertiary/aromatic N) is 4. The van der Waals surface area contributed by atoms with Crippen molar-refractivity contribution in [3.63, 3.8) is 0 Å². The van der Waals surface area contributed by atoms with Crippen LogP contribution in [0.15, 0.2) is 65.1 Å². The lowest BCUT2D eigenvalue weighted by Crippen LogP contribution is -2.22. The number of aromatic nitrogens is 4. The maximum Gasteiger partial charge on any atom is 0.263 e. The van der Waals surface area contributed by atoms with Gasteiger partial charge in [0.15, 0.2) is 10.9 Å². The van der Waals surface area contributed by atoms with Crippen molar-refractivity contribution < 1.29 is 4.79 Å².